The molecule has 0 spiro atoms. The molecule has 0 radical (unpaired) electrons. The van der Waals surface area contributed by atoms with Crippen LogP contribution in [0.15, 0.2) is 18.5 Å². The van der Waals surface area contributed by atoms with Crippen LogP contribution >= 0.6 is 0 Å². The van der Waals surface area contributed by atoms with Gasteiger partial charge in [-0.25, -0.2) is 0 Å². The first-order valence-electron chi connectivity index (χ1n) is 5.64. The summed E-state index contributed by atoms with van der Waals surface area (Å²) in [6, 6.07) is 2.31. The molecule has 90 valence electrons. The van der Waals surface area contributed by atoms with Crippen molar-refractivity contribution in [1.82, 2.24) is 15.2 Å². The van der Waals surface area contributed by atoms with Crippen molar-refractivity contribution in [3.05, 3.63) is 24.0 Å². The Morgan fingerprint density at radius 2 is 2.25 bits per heavy atom. The van der Waals surface area contributed by atoms with Crippen molar-refractivity contribution in [3.8, 4) is 0 Å². The van der Waals surface area contributed by atoms with Crippen molar-refractivity contribution >= 4 is 5.69 Å². The van der Waals surface area contributed by atoms with E-state index in [0.29, 0.717) is 6.04 Å². The summed E-state index contributed by atoms with van der Waals surface area (Å²) in [5, 5.41) is 3.32. The third-order valence-corrected chi connectivity index (χ3v) is 2.74. The topological polar surface area (TPSA) is 54.2 Å². The highest BCUT2D eigenvalue weighted by Crippen LogP contribution is 2.12. The highest BCUT2D eigenvalue weighted by Gasteiger charge is 2.09. The van der Waals surface area contributed by atoms with E-state index in [9.17, 15) is 0 Å². The van der Waals surface area contributed by atoms with Crippen LogP contribution in [0.2, 0.25) is 0 Å². The first kappa shape index (κ1) is 12.9. The average molecular weight is 222 g/mol. The van der Waals surface area contributed by atoms with E-state index in [-0.39, 0.29) is 0 Å². The maximum Gasteiger partial charge on any atom is 0.0378 e. The maximum absolute atomic E-state index is 5.90. The SMILES string of the molecule is CNC(CCN(C)C)Cc1cnccc1N. The molecule has 1 heterocycles. The number of nitrogens with one attached hydrogen (secondary N) is 1. The van der Waals surface area contributed by atoms with E-state index in [2.05, 4.69) is 29.3 Å². The standard InChI is InChI=1S/C12H22N4/c1-14-11(5-7-16(2)3)8-10-9-15-6-4-12(10)13/h4,6,9,11,14H,5,7-8H2,1-3H3,(H2,13,15). The van der Waals surface area contributed by atoms with Gasteiger partial charge in [0.15, 0.2) is 0 Å². The van der Waals surface area contributed by atoms with Crippen LogP contribution in [0.1, 0.15) is 12.0 Å². The second-order valence-corrected chi connectivity index (χ2v) is 4.36. The Morgan fingerprint density at radius 1 is 1.50 bits per heavy atom. The Bertz CT molecular complexity index is 312. The first-order chi connectivity index (χ1) is 7.63. The molecule has 0 aromatic carbocycles. The number of nitrogens with two attached hydrogens (primary N) is 1. The molecular formula is C12H22N4. The van der Waals surface area contributed by atoms with Crippen LogP contribution in [0.25, 0.3) is 0 Å². The molecule has 0 aliphatic rings. The molecule has 4 heteroatoms. The molecule has 0 bridgehead atoms. The minimum absolute atomic E-state index is 0.453. The molecule has 4 nitrogen and oxygen atoms in total. The summed E-state index contributed by atoms with van der Waals surface area (Å²) >= 11 is 0. The molecule has 1 rings (SSSR count). The maximum atomic E-state index is 5.90. The fraction of sp³-hybridized carbons (Fsp3) is 0.583. The Kier molecular flexibility index (Phi) is 5.22. The summed E-state index contributed by atoms with van der Waals surface area (Å²) in [7, 11) is 6.17. The van der Waals surface area contributed by atoms with Crippen molar-refractivity contribution in [2.45, 2.75) is 18.9 Å². The van der Waals surface area contributed by atoms with Gasteiger partial charge in [-0.15, -0.1) is 0 Å². The van der Waals surface area contributed by atoms with Crippen molar-refractivity contribution in [2.24, 2.45) is 0 Å². The molecule has 0 fully saturated rings. The number of anilines is 1. The molecule has 0 aliphatic carbocycles. The van der Waals surface area contributed by atoms with E-state index in [1.54, 1.807) is 6.20 Å². The number of rotatable bonds is 6. The number of pyridine rings is 1. The van der Waals surface area contributed by atoms with Crippen molar-refractivity contribution in [3.63, 3.8) is 0 Å². The predicted molar refractivity (Wildman–Crippen MR) is 68.4 cm³/mol. The molecule has 1 aromatic rings. The van der Waals surface area contributed by atoms with Crippen LogP contribution in [-0.4, -0.2) is 43.6 Å². The number of likely N-dealkylation sites (N-methyl/N-ethyl adjacent to an activating group) is 1. The lowest BCUT2D eigenvalue weighted by Gasteiger charge is -2.19. The van der Waals surface area contributed by atoms with E-state index >= 15 is 0 Å². The van der Waals surface area contributed by atoms with Crippen molar-refractivity contribution in [1.29, 1.82) is 0 Å². The third-order valence-electron chi connectivity index (χ3n) is 2.74. The van der Waals surface area contributed by atoms with Gasteiger partial charge < -0.3 is 16.0 Å². The van der Waals surface area contributed by atoms with Crippen molar-refractivity contribution in [2.75, 3.05) is 33.4 Å². The van der Waals surface area contributed by atoms with E-state index in [1.807, 2.05) is 19.3 Å². The van der Waals surface area contributed by atoms with E-state index in [1.165, 1.54) is 0 Å². The van der Waals surface area contributed by atoms with Gasteiger partial charge in [0, 0.05) is 24.1 Å². The number of nitrogens with zero attached hydrogens (tertiary/aromatic N) is 2. The van der Waals surface area contributed by atoms with Gasteiger partial charge in [0.1, 0.15) is 0 Å². The van der Waals surface area contributed by atoms with Crippen LogP contribution in [0.5, 0.6) is 0 Å². The first-order valence-corrected chi connectivity index (χ1v) is 5.64. The van der Waals surface area contributed by atoms with Gasteiger partial charge in [-0.05, 0) is 52.2 Å². The van der Waals surface area contributed by atoms with Crippen LogP contribution in [0, 0.1) is 0 Å². The predicted octanol–water partition coefficient (Wildman–Crippen LogP) is 0.746. The molecule has 0 aliphatic heterocycles. The monoisotopic (exact) mass is 222 g/mol. The molecule has 0 saturated carbocycles. The molecule has 1 unspecified atom stereocenters. The van der Waals surface area contributed by atoms with Gasteiger partial charge in [0.25, 0.3) is 0 Å². The summed E-state index contributed by atoms with van der Waals surface area (Å²) in [6.45, 7) is 1.08. The van der Waals surface area contributed by atoms with Crippen LogP contribution in [0.4, 0.5) is 5.69 Å². The van der Waals surface area contributed by atoms with Crippen LogP contribution < -0.4 is 11.1 Å². The van der Waals surface area contributed by atoms with Crippen molar-refractivity contribution < 1.29 is 0 Å². The van der Waals surface area contributed by atoms with Crippen LogP contribution in [-0.2, 0) is 6.42 Å². The van der Waals surface area contributed by atoms with Gasteiger partial charge in [-0.1, -0.05) is 0 Å². The summed E-state index contributed by atoms with van der Waals surface area (Å²) < 4.78 is 0. The molecular weight excluding hydrogens is 200 g/mol. The largest absolute Gasteiger partial charge is 0.398 e. The lowest BCUT2D eigenvalue weighted by atomic mass is 10.0. The zero-order valence-corrected chi connectivity index (χ0v) is 10.4. The second-order valence-electron chi connectivity index (χ2n) is 4.36. The highest BCUT2D eigenvalue weighted by molar-refractivity contribution is 5.44. The van der Waals surface area contributed by atoms with Gasteiger partial charge in [-0.3, -0.25) is 4.98 Å². The van der Waals surface area contributed by atoms with E-state index < -0.39 is 0 Å². The normalized spacial score (nSPS) is 13.0. The lowest BCUT2D eigenvalue weighted by Crippen LogP contribution is -2.31. The third kappa shape index (κ3) is 4.16. The molecule has 0 saturated heterocycles. The Balaban J connectivity index is 2.53. The Labute approximate surface area is 97.9 Å². The zero-order valence-electron chi connectivity index (χ0n) is 10.4. The fourth-order valence-electron chi connectivity index (χ4n) is 1.64. The summed E-state index contributed by atoms with van der Waals surface area (Å²) in [4.78, 5) is 6.30. The average Bonchev–Trinajstić information content (AvgIpc) is 2.26. The number of aromatic nitrogens is 1. The van der Waals surface area contributed by atoms with Gasteiger partial charge in [0.05, 0.1) is 0 Å². The molecule has 16 heavy (non-hydrogen) atoms. The smallest absolute Gasteiger partial charge is 0.0378 e. The van der Waals surface area contributed by atoms with Gasteiger partial charge in [-0.2, -0.15) is 0 Å². The lowest BCUT2D eigenvalue weighted by molar-refractivity contribution is 0.364. The van der Waals surface area contributed by atoms with E-state index in [4.69, 9.17) is 5.73 Å². The molecule has 3 N–H and O–H groups in total. The minimum Gasteiger partial charge on any atom is -0.398 e. The Hall–Kier alpha value is -1.13. The van der Waals surface area contributed by atoms with Gasteiger partial charge >= 0.3 is 0 Å². The van der Waals surface area contributed by atoms with Crippen LogP contribution in [0.3, 0.4) is 0 Å². The number of hydrogen-bond acceptors (Lipinski definition) is 4. The highest BCUT2D eigenvalue weighted by atomic mass is 15.1. The van der Waals surface area contributed by atoms with E-state index in [0.717, 1.165) is 30.6 Å². The Morgan fingerprint density at radius 3 is 2.81 bits per heavy atom. The molecule has 0 amide bonds. The summed E-state index contributed by atoms with van der Waals surface area (Å²) in [5.41, 5.74) is 7.86. The molecule has 1 atom stereocenters. The molecule has 1 aromatic heterocycles. The summed E-state index contributed by atoms with van der Waals surface area (Å²) in [6.07, 6.45) is 5.63. The minimum atomic E-state index is 0.453. The number of nitrogen functional groups attached to an aromatic ring is 1. The second kappa shape index (κ2) is 6.45. The number of hydrogen-bond donors (Lipinski definition) is 2. The zero-order chi connectivity index (χ0) is 12.0. The fourth-order valence-corrected chi connectivity index (χ4v) is 1.64. The summed E-state index contributed by atoms with van der Waals surface area (Å²) in [5.74, 6) is 0. The quantitative estimate of drug-likeness (QED) is 0.745. The van der Waals surface area contributed by atoms with Gasteiger partial charge in [0.2, 0.25) is 0 Å².